The predicted molar refractivity (Wildman–Crippen MR) is 90.4 cm³/mol. The minimum absolute atomic E-state index is 0.0718. The summed E-state index contributed by atoms with van der Waals surface area (Å²) in [6.07, 6.45) is 3.19. The van der Waals surface area contributed by atoms with Crippen molar-refractivity contribution in [1.82, 2.24) is 20.1 Å². The van der Waals surface area contributed by atoms with Crippen molar-refractivity contribution in [2.45, 2.75) is 25.7 Å². The predicted octanol–water partition coefficient (Wildman–Crippen LogP) is 1.32. The molecule has 0 bridgehead atoms. The fourth-order valence-corrected chi connectivity index (χ4v) is 3.04. The zero-order valence-electron chi connectivity index (χ0n) is 14.1. The Balaban J connectivity index is 1.65. The number of likely N-dealkylation sites (tertiary alicyclic amines) is 1. The molecule has 8 nitrogen and oxygen atoms in total. The molecule has 3 heterocycles. The second kappa shape index (κ2) is 7.33. The quantitative estimate of drug-likeness (QED) is 0.850. The Labute approximate surface area is 145 Å². The van der Waals surface area contributed by atoms with Gasteiger partial charge in [0, 0.05) is 30.9 Å². The van der Waals surface area contributed by atoms with Crippen molar-refractivity contribution >= 4 is 11.8 Å². The maximum Gasteiger partial charge on any atom is 0.269 e. The molecule has 1 fully saturated rings. The number of carbonyl (C=O) groups excluding carboxylic acids is 2. The number of piperidine rings is 1. The highest BCUT2D eigenvalue weighted by Gasteiger charge is 2.27. The van der Waals surface area contributed by atoms with Gasteiger partial charge in [-0.1, -0.05) is 0 Å². The highest BCUT2D eigenvalue weighted by atomic mass is 16.5. The highest BCUT2D eigenvalue weighted by molar-refractivity contribution is 5.96. The SMILES string of the molecule is CCOc1ncccc1C(=O)N1CCC(c2cc(C(N)=O)n[nH]2)CC1. The molecule has 2 aromatic heterocycles. The van der Waals surface area contributed by atoms with Crippen LogP contribution < -0.4 is 10.5 Å². The van der Waals surface area contributed by atoms with Crippen LogP contribution in [0.2, 0.25) is 0 Å². The van der Waals surface area contributed by atoms with Gasteiger partial charge in [-0.05, 0) is 38.0 Å². The number of aromatic nitrogens is 3. The summed E-state index contributed by atoms with van der Waals surface area (Å²) in [5, 5.41) is 6.79. The van der Waals surface area contributed by atoms with E-state index in [-0.39, 0.29) is 17.5 Å². The molecule has 3 rings (SSSR count). The lowest BCUT2D eigenvalue weighted by Crippen LogP contribution is -2.38. The van der Waals surface area contributed by atoms with Crippen molar-refractivity contribution in [2.24, 2.45) is 5.73 Å². The Morgan fingerprint density at radius 2 is 2.16 bits per heavy atom. The third-order valence-corrected chi connectivity index (χ3v) is 4.35. The van der Waals surface area contributed by atoms with Gasteiger partial charge in [0.05, 0.1) is 6.61 Å². The van der Waals surface area contributed by atoms with Crippen molar-refractivity contribution < 1.29 is 14.3 Å². The fourth-order valence-electron chi connectivity index (χ4n) is 3.04. The van der Waals surface area contributed by atoms with Crippen LogP contribution in [0.5, 0.6) is 5.88 Å². The Bertz CT molecular complexity index is 765. The number of pyridine rings is 1. The largest absolute Gasteiger partial charge is 0.477 e. The van der Waals surface area contributed by atoms with Gasteiger partial charge in [0.1, 0.15) is 11.3 Å². The number of amides is 2. The molecule has 0 spiro atoms. The van der Waals surface area contributed by atoms with E-state index in [2.05, 4.69) is 15.2 Å². The lowest BCUT2D eigenvalue weighted by atomic mass is 9.93. The first-order valence-electron chi connectivity index (χ1n) is 8.32. The standard InChI is InChI=1S/C17H21N5O3/c1-2-25-16-12(4-3-7-19-16)17(24)22-8-5-11(6-9-22)13-10-14(15(18)23)21-20-13/h3-4,7,10-11H,2,5-6,8-9H2,1H3,(H2,18,23)(H,20,21). The topological polar surface area (TPSA) is 114 Å². The van der Waals surface area contributed by atoms with E-state index in [1.165, 1.54) is 0 Å². The number of aromatic amines is 1. The number of ether oxygens (including phenoxy) is 1. The summed E-state index contributed by atoms with van der Waals surface area (Å²) in [6, 6.07) is 5.16. The molecule has 0 radical (unpaired) electrons. The molecule has 25 heavy (non-hydrogen) atoms. The number of hydrogen-bond acceptors (Lipinski definition) is 5. The van der Waals surface area contributed by atoms with Gasteiger partial charge in [-0.25, -0.2) is 4.98 Å². The summed E-state index contributed by atoms with van der Waals surface area (Å²) in [5.74, 6) is -0.0192. The van der Waals surface area contributed by atoms with Crippen molar-refractivity contribution in [3.05, 3.63) is 41.3 Å². The van der Waals surface area contributed by atoms with Gasteiger partial charge < -0.3 is 15.4 Å². The molecule has 3 N–H and O–H groups in total. The van der Waals surface area contributed by atoms with Crippen LogP contribution in [0.15, 0.2) is 24.4 Å². The van der Waals surface area contributed by atoms with Crippen LogP contribution in [-0.4, -0.2) is 51.6 Å². The Hall–Kier alpha value is -2.90. The van der Waals surface area contributed by atoms with Crippen molar-refractivity contribution in [1.29, 1.82) is 0 Å². The minimum Gasteiger partial charge on any atom is -0.477 e. The van der Waals surface area contributed by atoms with Crippen LogP contribution in [0.4, 0.5) is 0 Å². The number of carbonyl (C=O) groups is 2. The second-order valence-corrected chi connectivity index (χ2v) is 5.93. The van der Waals surface area contributed by atoms with Gasteiger partial charge in [-0.3, -0.25) is 14.7 Å². The first-order chi connectivity index (χ1) is 12.1. The third-order valence-electron chi connectivity index (χ3n) is 4.35. The van der Waals surface area contributed by atoms with Gasteiger partial charge in [-0.2, -0.15) is 5.10 Å². The maximum absolute atomic E-state index is 12.8. The van der Waals surface area contributed by atoms with E-state index in [1.807, 2.05) is 6.92 Å². The second-order valence-electron chi connectivity index (χ2n) is 5.93. The van der Waals surface area contributed by atoms with Crippen LogP contribution in [0.3, 0.4) is 0 Å². The van der Waals surface area contributed by atoms with E-state index < -0.39 is 5.91 Å². The zero-order valence-corrected chi connectivity index (χ0v) is 14.1. The van der Waals surface area contributed by atoms with Crippen molar-refractivity contribution in [3.63, 3.8) is 0 Å². The summed E-state index contributed by atoms with van der Waals surface area (Å²) >= 11 is 0. The number of rotatable bonds is 5. The first-order valence-corrected chi connectivity index (χ1v) is 8.32. The molecular weight excluding hydrogens is 322 g/mol. The van der Waals surface area contributed by atoms with Crippen LogP contribution in [-0.2, 0) is 0 Å². The van der Waals surface area contributed by atoms with Gasteiger partial charge in [-0.15, -0.1) is 0 Å². The number of nitrogens with one attached hydrogen (secondary N) is 1. The van der Waals surface area contributed by atoms with Crippen LogP contribution in [0, 0.1) is 0 Å². The molecule has 0 saturated carbocycles. The van der Waals surface area contributed by atoms with Crippen LogP contribution in [0.1, 0.15) is 52.2 Å². The van der Waals surface area contributed by atoms with Crippen LogP contribution in [0.25, 0.3) is 0 Å². The number of nitrogens with zero attached hydrogens (tertiary/aromatic N) is 3. The molecule has 8 heteroatoms. The smallest absolute Gasteiger partial charge is 0.269 e. The van der Waals surface area contributed by atoms with E-state index in [9.17, 15) is 9.59 Å². The van der Waals surface area contributed by atoms with Gasteiger partial charge in [0.25, 0.3) is 11.8 Å². The third kappa shape index (κ3) is 3.62. The first kappa shape index (κ1) is 16.9. The molecule has 0 atom stereocenters. The molecule has 1 aliphatic rings. The molecule has 1 saturated heterocycles. The molecule has 0 aliphatic carbocycles. The highest BCUT2D eigenvalue weighted by Crippen LogP contribution is 2.28. The molecule has 1 aliphatic heterocycles. The summed E-state index contributed by atoms with van der Waals surface area (Å²) in [6.45, 7) is 3.56. The number of nitrogens with two attached hydrogens (primary N) is 1. The summed E-state index contributed by atoms with van der Waals surface area (Å²) in [7, 11) is 0. The van der Waals surface area contributed by atoms with Gasteiger partial charge >= 0.3 is 0 Å². The zero-order chi connectivity index (χ0) is 17.8. The monoisotopic (exact) mass is 343 g/mol. The van der Waals surface area contributed by atoms with Crippen LogP contribution >= 0.6 is 0 Å². The summed E-state index contributed by atoms with van der Waals surface area (Å²) in [5.41, 5.74) is 6.84. The number of primary amides is 1. The molecular formula is C17H21N5O3. The van der Waals surface area contributed by atoms with Gasteiger partial charge in [0.15, 0.2) is 0 Å². The summed E-state index contributed by atoms with van der Waals surface area (Å²) in [4.78, 5) is 29.9. The Morgan fingerprint density at radius 3 is 2.80 bits per heavy atom. The molecule has 0 unspecified atom stereocenters. The average molecular weight is 343 g/mol. The maximum atomic E-state index is 12.8. The minimum atomic E-state index is -0.546. The van der Waals surface area contributed by atoms with E-state index in [4.69, 9.17) is 10.5 Å². The Morgan fingerprint density at radius 1 is 1.40 bits per heavy atom. The normalized spacial score (nSPS) is 15.2. The molecule has 132 valence electrons. The fraction of sp³-hybridized carbons (Fsp3) is 0.412. The average Bonchev–Trinajstić information content (AvgIpc) is 3.12. The Kier molecular flexibility index (Phi) is 4.97. The van der Waals surface area contributed by atoms with Crippen molar-refractivity contribution in [2.75, 3.05) is 19.7 Å². The number of hydrogen-bond donors (Lipinski definition) is 2. The van der Waals surface area contributed by atoms with Crippen molar-refractivity contribution in [3.8, 4) is 5.88 Å². The lowest BCUT2D eigenvalue weighted by Gasteiger charge is -2.31. The molecule has 2 aromatic rings. The molecule has 2 amide bonds. The molecule has 0 aromatic carbocycles. The number of H-pyrrole nitrogens is 1. The van der Waals surface area contributed by atoms with E-state index in [0.717, 1.165) is 18.5 Å². The van der Waals surface area contributed by atoms with E-state index >= 15 is 0 Å². The summed E-state index contributed by atoms with van der Waals surface area (Å²) < 4.78 is 5.45. The van der Waals surface area contributed by atoms with Gasteiger partial charge in [0.2, 0.25) is 5.88 Å². The van der Waals surface area contributed by atoms with E-state index in [1.54, 1.807) is 29.3 Å². The van der Waals surface area contributed by atoms with E-state index in [0.29, 0.717) is 31.1 Å². The lowest BCUT2D eigenvalue weighted by molar-refractivity contribution is 0.0707.